The van der Waals surface area contributed by atoms with Gasteiger partial charge in [-0.05, 0) is 42.7 Å². The molecule has 1 atom stereocenters. The largest absolute Gasteiger partial charge is 0.369 e. The highest BCUT2D eigenvalue weighted by Gasteiger charge is 2.23. The van der Waals surface area contributed by atoms with E-state index >= 15 is 0 Å². The number of aliphatic imine (C=N–C) groups is 1. The van der Waals surface area contributed by atoms with Gasteiger partial charge in [0.1, 0.15) is 5.82 Å². The minimum absolute atomic E-state index is 0.196. The second-order valence-electron chi connectivity index (χ2n) is 6.29. The highest BCUT2D eigenvalue weighted by atomic mass is 19.1. The van der Waals surface area contributed by atoms with Gasteiger partial charge in [-0.2, -0.15) is 0 Å². The van der Waals surface area contributed by atoms with E-state index in [-0.39, 0.29) is 5.82 Å². The van der Waals surface area contributed by atoms with Gasteiger partial charge in [0.2, 0.25) is 0 Å². The summed E-state index contributed by atoms with van der Waals surface area (Å²) in [4.78, 5) is 6.70. The third-order valence-electron chi connectivity index (χ3n) is 4.49. The predicted molar refractivity (Wildman–Crippen MR) is 102 cm³/mol. The molecule has 0 aliphatic carbocycles. The molecule has 2 aromatic carbocycles. The number of nitrogens with one attached hydrogen (secondary N) is 2. The fourth-order valence-electron chi connectivity index (χ4n) is 3.12. The van der Waals surface area contributed by atoms with Crippen LogP contribution in [-0.2, 0) is 6.42 Å². The Balaban J connectivity index is 1.44. The number of rotatable bonds is 5. The number of para-hydroxylation sites is 1. The van der Waals surface area contributed by atoms with Crippen LogP contribution in [-0.4, -0.2) is 38.7 Å². The van der Waals surface area contributed by atoms with Gasteiger partial charge in [0, 0.05) is 38.4 Å². The first kappa shape index (κ1) is 17.3. The molecule has 0 radical (unpaired) electrons. The maximum Gasteiger partial charge on any atom is 0.191 e. The second-order valence-corrected chi connectivity index (χ2v) is 6.29. The van der Waals surface area contributed by atoms with E-state index in [4.69, 9.17) is 0 Å². The van der Waals surface area contributed by atoms with Crippen molar-refractivity contribution >= 4 is 11.6 Å². The summed E-state index contributed by atoms with van der Waals surface area (Å²) in [5.41, 5.74) is 2.38. The van der Waals surface area contributed by atoms with Gasteiger partial charge in [0.05, 0.1) is 0 Å². The van der Waals surface area contributed by atoms with Gasteiger partial charge >= 0.3 is 0 Å². The highest BCUT2D eigenvalue weighted by molar-refractivity contribution is 5.80. The fourth-order valence-corrected chi connectivity index (χ4v) is 3.12. The lowest BCUT2D eigenvalue weighted by Crippen LogP contribution is -2.45. The molecule has 3 rings (SSSR count). The number of benzene rings is 2. The summed E-state index contributed by atoms with van der Waals surface area (Å²) in [5.74, 6) is 0.625. The van der Waals surface area contributed by atoms with Crippen LogP contribution in [0.5, 0.6) is 0 Å². The molecule has 0 bridgehead atoms. The van der Waals surface area contributed by atoms with Crippen molar-refractivity contribution in [3.63, 3.8) is 0 Å². The Bertz CT molecular complexity index is 685. The van der Waals surface area contributed by atoms with Crippen molar-refractivity contribution in [2.24, 2.45) is 4.99 Å². The van der Waals surface area contributed by atoms with Crippen molar-refractivity contribution < 1.29 is 4.39 Å². The van der Waals surface area contributed by atoms with E-state index in [2.05, 4.69) is 44.8 Å². The van der Waals surface area contributed by atoms with Crippen LogP contribution in [0.3, 0.4) is 0 Å². The van der Waals surface area contributed by atoms with Crippen molar-refractivity contribution in [3.8, 4) is 0 Å². The van der Waals surface area contributed by atoms with E-state index in [1.165, 1.54) is 17.8 Å². The zero-order valence-corrected chi connectivity index (χ0v) is 14.6. The van der Waals surface area contributed by atoms with Crippen LogP contribution in [0.4, 0.5) is 10.1 Å². The molecule has 0 amide bonds. The molecule has 132 valence electrons. The van der Waals surface area contributed by atoms with E-state index in [0.29, 0.717) is 6.04 Å². The maximum absolute atomic E-state index is 12.9. The third kappa shape index (κ3) is 4.95. The molecule has 1 fully saturated rings. The van der Waals surface area contributed by atoms with Gasteiger partial charge in [-0.1, -0.05) is 30.3 Å². The Morgan fingerprint density at radius 1 is 1.16 bits per heavy atom. The molecule has 2 N–H and O–H groups in total. The molecule has 2 aromatic rings. The van der Waals surface area contributed by atoms with Crippen molar-refractivity contribution in [1.29, 1.82) is 0 Å². The lowest BCUT2D eigenvalue weighted by atomic mass is 10.1. The number of hydrogen-bond donors (Lipinski definition) is 2. The lowest BCUT2D eigenvalue weighted by Gasteiger charge is -2.20. The van der Waals surface area contributed by atoms with Crippen molar-refractivity contribution in [2.45, 2.75) is 18.9 Å². The number of halogens is 1. The molecule has 1 saturated heterocycles. The summed E-state index contributed by atoms with van der Waals surface area (Å²) >= 11 is 0. The van der Waals surface area contributed by atoms with Crippen LogP contribution in [0.2, 0.25) is 0 Å². The summed E-state index contributed by atoms with van der Waals surface area (Å²) < 4.78 is 12.9. The number of nitrogens with zero attached hydrogens (tertiary/aromatic N) is 2. The molecule has 1 aliphatic rings. The number of guanidine groups is 1. The topological polar surface area (TPSA) is 39.7 Å². The molecular weight excluding hydrogens is 315 g/mol. The summed E-state index contributed by atoms with van der Waals surface area (Å²) in [5, 5.41) is 6.84. The van der Waals surface area contributed by atoms with E-state index in [1.807, 2.05) is 18.2 Å². The lowest BCUT2D eigenvalue weighted by molar-refractivity contribution is 0.626. The molecule has 0 saturated carbocycles. The van der Waals surface area contributed by atoms with Crippen LogP contribution >= 0.6 is 0 Å². The van der Waals surface area contributed by atoms with Gasteiger partial charge in [0.15, 0.2) is 5.96 Å². The number of anilines is 1. The molecule has 0 aromatic heterocycles. The predicted octanol–water partition coefficient (Wildman–Crippen LogP) is 2.81. The van der Waals surface area contributed by atoms with Gasteiger partial charge in [-0.25, -0.2) is 4.39 Å². The van der Waals surface area contributed by atoms with Gasteiger partial charge in [-0.3, -0.25) is 4.99 Å². The normalized spacial score (nSPS) is 17.6. The van der Waals surface area contributed by atoms with Crippen LogP contribution in [0, 0.1) is 5.82 Å². The Morgan fingerprint density at radius 3 is 2.64 bits per heavy atom. The van der Waals surface area contributed by atoms with Crippen LogP contribution in [0.1, 0.15) is 12.0 Å². The van der Waals surface area contributed by atoms with Gasteiger partial charge in [0.25, 0.3) is 0 Å². The Hall–Kier alpha value is -2.56. The van der Waals surface area contributed by atoms with Crippen molar-refractivity contribution in [3.05, 3.63) is 66.0 Å². The summed E-state index contributed by atoms with van der Waals surface area (Å²) in [6, 6.07) is 17.5. The molecular formula is C20H25FN4. The standard InChI is InChI=1S/C20H25FN4/c1-22-20(23-13-11-16-7-9-17(21)10-8-16)24-18-12-14-25(15-18)19-5-3-2-4-6-19/h2-10,18H,11-15H2,1H3,(H2,22,23,24). The van der Waals surface area contributed by atoms with E-state index < -0.39 is 0 Å². The fraction of sp³-hybridized carbons (Fsp3) is 0.350. The third-order valence-corrected chi connectivity index (χ3v) is 4.49. The highest BCUT2D eigenvalue weighted by Crippen LogP contribution is 2.19. The zero-order chi connectivity index (χ0) is 17.5. The quantitative estimate of drug-likeness (QED) is 0.649. The van der Waals surface area contributed by atoms with Gasteiger partial charge < -0.3 is 15.5 Å². The summed E-state index contributed by atoms with van der Waals surface area (Å²) in [6.45, 7) is 2.79. The zero-order valence-electron chi connectivity index (χ0n) is 14.6. The second kappa shape index (κ2) is 8.51. The molecule has 25 heavy (non-hydrogen) atoms. The Kier molecular flexibility index (Phi) is 5.88. The first-order chi connectivity index (χ1) is 12.2. The van der Waals surface area contributed by atoms with Crippen LogP contribution in [0.15, 0.2) is 59.6 Å². The van der Waals surface area contributed by atoms with Crippen LogP contribution in [0.25, 0.3) is 0 Å². The first-order valence-electron chi connectivity index (χ1n) is 8.76. The average molecular weight is 340 g/mol. The molecule has 0 spiro atoms. The minimum atomic E-state index is -0.196. The summed E-state index contributed by atoms with van der Waals surface area (Å²) in [7, 11) is 1.79. The smallest absolute Gasteiger partial charge is 0.191 e. The van der Waals surface area contributed by atoms with Crippen molar-refractivity contribution in [2.75, 3.05) is 31.6 Å². The molecule has 1 unspecified atom stereocenters. The number of hydrogen-bond acceptors (Lipinski definition) is 2. The monoisotopic (exact) mass is 340 g/mol. The minimum Gasteiger partial charge on any atom is -0.369 e. The summed E-state index contributed by atoms with van der Waals surface area (Å²) in [6.07, 6.45) is 1.93. The van der Waals surface area contributed by atoms with E-state index in [0.717, 1.165) is 44.0 Å². The molecule has 1 heterocycles. The Morgan fingerprint density at radius 2 is 1.92 bits per heavy atom. The van der Waals surface area contributed by atoms with E-state index in [1.54, 1.807) is 7.05 Å². The molecule has 1 aliphatic heterocycles. The van der Waals surface area contributed by atoms with Gasteiger partial charge in [-0.15, -0.1) is 0 Å². The SMILES string of the molecule is CN=C(NCCc1ccc(F)cc1)NC1CCN(c2ccccc2)C1. The average Bonchev–Trinajstić information content (AvgIpc) is 3.12. The van der Waals surface area contributed by atoms with Crippen LogP contribution < -0.4 is 15.5 Å². The maximum atomic E-state index is 12.9. The van der Waals surface area contributed by atoms with Crippen molar-refractivity contribution in [1.82, 2.24) is 10.6 Å². The molecule has 5 heteroatoms. The molecule has 4 nitrogen and oxygen atoms in total. The van der Waals surface area contributed by atoms with E-state index in [9.17, 15) is 4.39 Å². The first-order valence-corrected chi connectivity index (χ1v) is 8.76. The Labute approximate surface area is 148 Å².